The van der Waals surface area contributed by atoms with Crippen LogP contribution in [-0.2, 0) is 13.2 Å². The Morgan fingerprint density at radius 3 is 2.81 bits per heavy atom. The Hall–Kier alpha value is -2.03. The number of benzene rings is 2. The Morgan fingerprint density at radius 2 is 2.11 bits per heavy atom. The molecule has 27 heavy (non-hydrogen) atoms. The summed E-state index contributed by atoms with van der Waals surface area (Å²) in [7, 11) is 0. The maximum Gasteiger partial charge on any atom is 0.214 e. The van der Waals surface area contributed by atoms with Gasteiger partial charge in [-0.2, -0.15) is 5.10 Å². The van der Waals surface area contributed by atoms with Gasteiger partial charge in [-0.1, -0.05) is 29.8 Å². The molecule has 0 aliphatic heterocycles. The van der Waals surface area contributed by atoms with Gasteiger partial charge in [0.05, 0.1) is 17.6 Å². The summed E-state index contributed by atoms with van der Waals surface area (Å²) in [5, 5.41) is 7.24. The zero-order valence-corrected chi connectivity index (χ0v) is 17.7. The van der Waals surface area contributed by atoms with Crippen molar-refractivity contribution in [2.24, 2.45) is 0 Å². The summed E-state index contributed by atoms with van der Waals surface area (Å²) in [6.45, 7) is 3.34. The van der Waals surface area contributed by atoms with Gasteiger partial charge in [0, 0.05) is 10.6 Å². The third-order valence-corrected chi connectivity index (χ3v) is 4.95. The fourth-order valence-corrected chi connectivity index (χ4v) is 3.39. The smallest absolute Gasteiger partial charge is 0.214 e. The SMILES string of the molecule is CCOc1cc(CNn2cn[nH]c2=S)cc(Br)c1OCc1ccccc1Cl. The van der Waals surface area contributed by atoms with Crippen molar-refractivity contribution in [2.75, 3.05) is 12.0 Å². The third-order valence-electron chi connectivity index (χ3n) is 3.70. The second-order valence-corrected chi connectivity index (χ2v) is 7.23. The highest BCUT2D eigenvalue weighted by atomic mass is 79.9. The van der Waals surface area contributed by atoms with Gasteiger partial charge in [0.25, 0.3) is 0 Å². The van der Waals surface area contributed by atoms with Crippen LogP contribution in [0.4, 0.5) is 0 Å². The number of aromatic nitrogens is 3. The zero-order valence-electron chi connectivity index (χ0n) is 14.5. The molecule has 2 aromatic carbocycles. The van der Waals surface area contributed by atoms with Gasteiger partial charge in [0.2, 0.25) is 4.77 Å². The summed E-state index contributed by atoms with van der Waals surface area (Å²) in [5.41, 5.74) is 5.08. The van der Waals surface area contributed by atoms with E-state index in [2.05, 4.69) is 31.6 Å². The predicted octanol–water partition coefficient (Wildman–Crippen LogP) is 5.08. The number of nitrogens with zero attached hydrogens (tertiary/aromatic N) is 2. The number of nitrogens with one attached hydrogen (secondary N) is 2. The third kappa shape index (κ3) is 5.03. The van der Waals surface area contributed by atoms with E-state index in [-0.39, 0.29) is 0 Å². The first-order chi connectivity index (χ1) is 13.1. The van der Waals surface area contributed by atoms with Crippen molar-refractivity contribution in [1.29, 1.82) is 0 Å². The molecule has 3 rings (SSSR count). The molecule has 0 spiro atoms. The minimum absolute atomic E-state index is 0.347. The molecule has 0 atom stereocenters. The van der Waals surface area contributed by atoms with Gasteiger partial charge in [-0.05, 0) is 58.8 Å². The van der Waals surface area contributed by atoms with E-state index < -0.39 is 0 Å². The van der Waals surface area contributed by atoms with Crippen LogP contribution in [-0.4, -0.2) is 21.5 Å². The minimum atomic E-state index is 0.347. The lowest BCUT2D eigenvalue weighted by Crippen LogP contribution is -2.13. The van der Waals surface area contributed by atoms with Crippen LogP contribution in [0.5, 0.6) is 11.5 Å². The number of halogens is 2. The molecule has 0 saturated heterocycles. The van der Waals surface area contributed by atoms with Crippen LogP contribution >= 0.6 is 39.7 Å². The summed E-state index contributed by atoms with van der Waals surface area (Å²) in [6.07, 6.45) is 1.59. The molecule has 6 nitrogen and oxygen atoms in total. The monoisotopic (exact) mass is 468 g/mol. The summed E-state index contributed by atoms with van der Waals surface area (Å²) in [4.78, 5) is 0. The normalized spacial score (nSPS) is 10.6. The zero-order chi connectivity index (χ0) is 19.2. The van der Waals surface area contributed by atoms with E-state index in [1.54, 1.807) is 11.0 Å². The van der Waals surface area contributed by atoms with E-state index in [1.165, 1.54) is 0 Å². The molecule has 0 radical (unpaired) electrons. The first kappa shape index (κ1) is 19.7. The molecular weight excluding hydrogens is 452 g/mol. The van der Waals surface area contributed by atoms with Gasteiger partial charge in [-0.15, -0.1) is 0 Å². The van der Waals surface area contributed by atoms with Crippen LogP contribution in [0.15, 0.2) is 47.2 Å². The topological polar surface area (TPSA) is 64.1 Å². The van der Waals surface area contributed by atoms with Crippen LogP contribution < -0.4 is 14.9 Å². The average molecular weight is 470 g/mol. The minimum Gasteiger partial charge on any atom is -0.490 e. The second kappa shape index (κ2) is 9.25. The van der Waals surface area contributed by atoms with Crippen LogP contribution in [0, 0.1) is 4.77 Å². The first-order valence-corrected chi connectivity index (χ1v) is 9.83. The van der Waals surface area contributed by atoms with Gasteiger partial charge >= 0.3 is 0 Å². The molecule has 0 bridgehead atoms. The molecule has 142 valence electrons. The first-order valence-electron chi connectivity index (χ1n) is 8.25. The molecule has 0 unspecified atom stereocenters. The fourth-order valence-electron chi connectivity index (χ4n) is 2.43. The highest BCUT2D eigenvalue weighted by Gasteiger charge is 2.13. The lowest BCUT2D eigenvalue weighted by molar-refractivity contribution is 0.267. The number of hydrogen-bond donors (Lipinski definition) is 2. The number of ether oxygens (including phenoxy) is 2. The molecule has 0 saturated carbocycles. The van der Waals surface area contributed by atoms with Gasteiger partial charge in [0.1, 0.15) is 12.9 Å². The quantitative estimate of drug-likeness (QED) is 0.451. The van der Waals surface area contributed by atoms with Crippen molar-refractivity contribution in [3.05, 3.63) is 68.1 Å². The van der Waals surface area contributed by atoms with Crippen LogP contribution in [0.1, 0.15) is 18.1 Å². The molecule has 1 heterocycles. The van der Waals surface area contributed by atoms with Crippen LogP contribution in [0.3, 0.4) is 0 Å². The van der Waals surface area contributed by atoms with Crippen molar-refractivity contribution in [3.8, 4) is 11.5 Å². The van der Waals surface area contributed by atoms with Gasteiger partial charge in [-0.25, -0.2) is 4.68 Å². The summed E-state index contributed by atoms with van der Waals surface area (Å²) < 4.78 is 14.7. The molecule has 2 N–H and O–H groups in total. The Kier molecular flexibility index (Phi) is 6.76. The van der Waals surface area contributed by atoms with Crippen molar-refractivity contribution in [2.45, 2.75) is 20.1 Å². The molecule has 3 aromatic rings. The van der Waals surface area contributed by atoms with Crippen molar-refractivity contribution in [3.63, 3.8) is 0 Å². The van der Waals surface area contributed by atoms with Crippen molar-refractivity contribution in [1.82, 2.24) is 14.9 Å². The van der Waals surface area contributed by atoms with Crippen LogP contribution in [0.2, 0.25) is 5.02 Å². The molecule has 0 aliphatic rings. The largest absolute Gasteiger partial charge is 0.490 e. The number of H-pyrrole nitrogens is 1. The lowest BCUT2D eigenvalue weighted by atomic mass is 10.2. The standard InChI is InChI=1S/C18H18BrClN4O2S/c1-2-25-16-8-12(9-22-24-11-21-23-18(24)27)7-14(19)17(16)26-10-13-5-3-4-6-15(13)20/h3-8,11,22H,2,9-10H2,1H3,(H,23,27). The Labute approximate surface area is 175 Å². The van der Waals surface area contributed by atoms with E-state index in [0.29, 0.717) is 41.1 Å². The van der Waals surface area contributed by atoms with E-state index in [1.807, 2.05) is 43.3 Å². The van der Waals surface area contributed by atoms with E-state index in [0.717, 1.165) is 15.6 Å². The summed E-state index contributed by atoms with van der Waals surface area (Å²) in [5.74, 6) is 1.30. The maximum absolute atomic E-state index is 6.21. The predicted molar refractivity (Wildman–Crippen MR) is 112 cm³/mol. The maximum atomic E-state index is 6.21. The summed E-state index contributed by atoms with van der Waals surface area (Å²) >= 11 is 14.9. The fraction of sp³-hybridized carbons (Fsp3) is 0.222. The average Bonchev–Trinajstić information content (AvgIpc) is 3.06. The van der Waals surface area contributed by atoms with Crippen molar-refractivity contribution >= 4 is 39.7 Å². The highest BCUT2D eigenvalue weighted by Crippen LogP contribution is 2.37. The Balaban J connectivity index is 1.78. The Bertz CT molecular complexity index is 976. The van der Waals surface area contributed by atoms with Crippen LogP contribution in [0.25, 0.3) is 0 Å². The molecule has 1 aromatic heterocycles. The van der Waals surface area contributed by atoms with Gasteiger partial charge in [0.15, 0.2) is 11.5 Å². The molecule has 0 amide bonds. The Morgan fingerprint density at radius 1 is 1.30 bits per heavy atom. The summed E-state index contributed by atoms with van der Waals surface area (Å²) in [6, 6.07) is 11.5. The molecular formula is C18H18BrClN4O2S. The van der Waals surface area contributed by atoms with Gasteiger partial charge in [-0.3, -0.25) is 5.10 Å². The van der Waals surface area contributed by atoms with E-state index >= 15 is 0 Å². The van der Waals surface area contributed by atoms with E-state index in [4.69, 9.17) is 33.3 Å². The van der Waals surface area contributed by atoms with E-state index in [9.17, 15) is 0 Å². The second-order valence-electron chi connectivity index (χ2n) is 5.58. The molecule has 9 heteroatoms. The molecule has 0 aliphatic carbocycles. The van der Waals surface area contributed by atoms with Crippen molar-refractivity contribution < 1.29 is 9.47 Å². The lowest BCUT2D eigenvalue weighted by Gasteiger charge is -2.16. The highest BCUT2D eigenvalue weighted by molar-refractivity contribution is 9.10. The number of aromatic amines is 1. The number of hydrogen-bond acceptors (Lipinski definition) is 5. The molecule has 0 fully saturated rings. The van der Waals surface area contributed by atoms with Gasteiger partial charge < -0.3 is 14.9 Å². The number of rotatable bonds is 8.